The van der Waals surface area contributed by atoms with Gasteiger partial charge in [-0.1, -0.05) is 24.9 Å². The van der Waals surface area contributed by atoms with Crippen LogP contribution in [0.2, 0.25) is 5.02 Å². The first-order valence-corrected chi connectivity index (χ1v) is 7.05. The number of hydrogen-bond donors (Lipinski definition) is 2. The van der Waals surface area contributed by atoms with E-state index in [9.17, 15) is 22.8 Å². The fraction of sp³-hybridized carbons (Fsp3) is 0.429. The van der Waals surface area contributed by atoms with Gasteiger partial charge in [0.15, 0.2) is 0 Å². The molecule has 1 aromatic carbocycles. The number of alkyl halides is 3. The van der Waals surface area contributed by atoms with E-state index >= 15 is 0 Å². The number of halogens is 4. The predicted molar refractivity (Wildman–Crippen MR) is 77.6 cm³/mol. The van der Waals surface area contributed by atoms with Crippen LogP contribution in [0.15, 0.2) is 18.2 Å². The molecule has 0 saturated heterocycles. The van der Waals surface area contributed by atoms with E-state index in [2.05, 4.69) is 10.6 Å². The molecule has 2 N–H and O–H groups in total. The average Bonchev–Trinajstić information content (AvgIpc) is 2.44. The fourth-order valence-corrected chi connectivity index (χ4v) is 1.76. The largest absolute Gasteiger partial charge is 0.416 e. The van der Waals surface area contributed by atoms with Gasteiger partial charge in [-0.25, -0.2) is 0 Å². The third-order valence-corrected chi connectivity index (χ3v) is 3.10. The number of carbonyl (C=O) groups excluding carboxylic acids is 2. The van der Waals surface area contributed by atoms with Crippen molar-refractivity contribution in [3.8, 4) is 0 Å². The Balaban J connectivity index is 2.62. The molecule has 1 rings (SSSR count). The smallest absolute Gasteiger partial charge is 0.347 e. The van der Waals surface area contributed by atoms with Gasteiger partial charge in [-0.15, -0.1) is 0 Å². The molecule has 0 aliphatic rings. The van der Waals surface area contributed by atoms with Crippen molar-refractivity contribution in [1.82, 2.24) is 5.32 Å². The number of carbonyl (C=O) groups is 2. The summed E-state index contributed by atoms with van der Waals surface area (Å²) in [5.74, 6) is -0.932. The number of benzene rings is 1. The van der Waals surface area contributed by atoms with Gasteiger partial charge in [0.2, 0.25) is 11.8 Å². The molecule has 1 aromatic rings. The standard InChI is InChI=1S/C14H16ClF3N2O2/c1-2-3-4-12(21)19-8-13(22)20-11-7-9(14(16,17)18)5-6-10(11)15/h5-7H,2-4,8H2,1H3,(H,19,21)(H,20,22). The first-order chi connectivity index (χ1) is 10.2. The fourth-order valence-electron chi connectivity index (χ4n) is 1.60. The molecule has 0 unspecified atom stereocenters. The minimum Gasteiger partial charge on any atom is -0.347 e. The van der Waals surface area contributed by atoms with E-state index in [-0.39, 0.29) is 23.2 Å². The van der Waals surface area contributed by atoms with Gasteiger partial charge in [0, 0.05) is 6.42 Å². The van der Waals surface area contributed by atoms with Gasteiger partial charge in [-0.3, -0.25) is 9.59 Å². The number of amides is 2. The van der Waals surface area contributed by atoms with Gasteiger partial charge in [0.25, 0.3) is 0 Å². The molecule has 0 saturated carbocycles. The average molecular weight is 337 g/mol. The molecule has 0 aliphatic heterocycles. The number of nitrogens with one attached hydrogen (secondary N) is 2. The Morgan fingerprint density at radius 3 is 2.50 bits per heavy atom. The van der Waals surface area contributed by atoms with Gasteiger partial charge in [0.1, 0.15) is 0 Å². The van der Waals surface area contributed by atoms with Crippen LogP contribution in [0.5, 0.6) is 0 Å². The third kappa shape index (κ3) is 5.93. The summed E-state index contributed by atoms with van der Waals surface area (Å²) in [6.07, 6.45) is -2.68. The highest BCUT2D eigenvalue weighted by atomic mass is 35.5. The van der Waals surface area contributed by atoms with Gasteiger partial charge < -0.3 is 10.6 Å². The summed E-state index contributed by atoms with van der Waals surface area (Å²) in [5, 5.41) is 4.62. The number of rotatable bonds is 6. The Hall–Kier alpha value is -1.76. The zero-order chi connectivity index (χ0) is 16.8. The lowest BCUT2D eigenvalue weighted by molar-refractivity contribution is -0.137. The van der Waals surface area contributed by atoms with Crippen molar-refractivity contribution in [2.24, 2.45) is 0 Å². The van der Waals surface area contributed by atoms with E-state index in [0.717, 1.165) is 24.6 Å². The van der Waals surface area contributed by atoms with Gasteiger partial charge >= 0.3 is 6.18 Å². The summed E-state index contributed by atoms with van der Waals surface area (Å²) in [4.78, 5) is 23.0. The van der Waals surface area contributed by atoms with Crippen LogP contribution in [0.4, 0.5) is 18.9 Å². The Morgan fingerprint density at radius 2 is 1.91 bits per heavy atom. The van der Waals surface area contributed by atoms with Crippen molar-refractivity contribution in [1.29, 1.82) is 0 Å². The summed E-state index contributed by atoms with van der Waals surface area (Å²) in [7, 11) is 0. The van der Waals surface area contributed by atoms with Gasteiger partial charge in [-0.05, 0) is 24.6 Å². The number of hydrogen-bond acceptors (Lipinski definition) is 2. The molecular formula is C14H16ClF3N2O2. The van der Waals surface area contributed by atoms with Crippen LogP contribution in [-0.2, 0) is 15.8 Å². The maximum Gasteiger partial charge on any atom is 0.416 e. The van der Waals surface area contributed by atoms with Crippen LogP contribution in [0.25, 0.3) is 0 Å². The highest BCUT2D eigenvalue weighted by Gasteiger charge is 2.31. The highest BCUT2D eigenvalue weighted by molar-refractivity contribution is 6.33. The van der Waals surface area contributed by atoms with Crippen LogP contribution in [0.3, 0.4) is 0 Å². The summed E-state index contributed by atoms with van der Waals surface area (Å²) >= 11 is 5.75. The molecule has 22 heavy (non-hydrogen) atoms. The first-order valence-electron chi connectivity index (χ1n) is 6.67. The molecule has 0 heterocycles. The third-order valence-electron chi connectivity index (χ3n) is 2.77. The van der Waals surface area contributed by atoms with Crippen molar-refractivity contribution >= 4 is 29.1 Å². The van der Waals surface area contributed by atoms with Crippen LogP contribution < -0.4 is 10.6 Å². The topological polar surface area (TPSA) is 58.2 Å². The summed E-state index contributed by atoms with van der Waals surface area (Å²) in [6, 6.07) is 2.63. The molecule has 0 bridgehead atoms. The van der Waals surface area contributed by atoms with Crippen molar-refractivity contribution in [2.75, 3.05) is 11.9 Å². The molecular weight excluding hydrogens is 321 g/mol. The monoisotopic (exact) mass is 336 g/mol. The Morgan fingerprint density at radius 1 is 1.23 bits per heavy atom. The number of unbranched alkanes of at least 4 members (excludes halogenated alkanes) is 1. The second kappa shape index (κ2) is 8.03. The lowest BCUT2D eigenvalue weighted by Crippen LogP contribution is -2.32. The summed E-state index contributed by atoms with van der Waals surface area (Å²) in [5.41, 5.74) is -1.07. The minimum atomic E-state index is -4.53. The zero-order valence-corrected chi connectivity index (χ0v) is 12.6. The molecule has 122 valence electrons. The van der Waals surface area contributed by atoms with Gasteiger partial charge in [-0.2, -0.15) is 13.2 Å². The van der Waals surface area contributed by atoms with E-state index in [1.54, 1.807) is 0 Å². The SMILES string of the molecule is CCCCC(=O)NCC(=O)Nc1cc(C(F)(F)F)ccc1Cl. The first kappa shape index (κ1) is 18.3. The molecule has 2 amide bonds. The van der Waals surface area contributed by atoms with Crippen molar-refractivity contribution < 1.29 is 22.8 Å². The second-order valence-corrected chi connectivity index (χ2v) is 5.03. The molecule has 0 aromatic heterocycles. The van der Waals surface area contributed by atoms with Crippen LogP contribution in [-0.4, -0.2) is 18.4 Å². The Labute approximate surface area is 131 Å². The summed E-state index contributed by atoms with van der Waals surface area (Å²) in [6.45, 7) is 1.60. The molecule has 0 atom stereocenters. The van der Waals surface area contributed by atoms with E-state index < -0.39 is 17.6 Å². The second-order valence-electron chi connectivity index (χ2n) is 4.62. The van der Waals surface area contributed by atoms with Crippen molar-refractivity contribution in [3.05, 3.63) is 28.8 Å². The molecule has 0 fully saturated rings. The highest BCUT2D eigenvalue weighted by Crippen LogP contribution is 2.33. The Bertz CT molecular complexity index is 547. The van der Waals surface area contributed by atoms with Crippen LogP contribution in [0.1, 0.15) is 31.7 Å². The number of anilines is 1. The van der Waals surface area contributed by atoms with Gasteiger partial charge in [0.05, 0.1) is 22.8 Å². The molecule has 4 nitrogen and oxygen atoms in total. The molecule has 0 radical (unpaired) electrons. The minimum absolute atomic E-state index is 0.0151. The predicted octanol–water partition coefficient (Wildman–Crippen LogP) is 3.60. The zero-order valence-electron chi connectivity index (χ0n) is 11.9. The Kier molecular flexibility index (Phi) is 6.67. The maximum absolute atomic E-state index is 12.6. The molecule has 0 spiro atoms. The molecule has 8 heteroatoms. The van der Waals surface area contributed by atoms with E-state index in [0.29, 0.717) is 12.8 Å². The van der Waals surface area contributed by atoms with E-state index in [1.165, 1.54) is 0 Å². The van der Waals surface area contributed by atoms with E-state index in [4.69, 9.17) is 11.6 Å². The normalized spacial score (nSPS) is 11.1. The van der Waals surface area contributed by atoms with Crippen LogP contribution in [0, 0.1) is 0 Å². The quantitative estimate of drug-likeness (QED) is 0.833. The van der Waals surface area contributed by atoms with Crippen LogP contribution >= 0.6 is 11.6 Å². The summed E-state index contributed by atoms with van der Waals surface area (Å²) < 4.78 is 37.8. The lowest BCUT2D eigenvalue weighted by atomic mass is 10.2. The molecule has 0 aliphatic carbocycles. The van der Waals surface area contributed by atoms with Crippen molar-refractivity contribution in [2.45, 2.75) is 32.4 Å². The maximum atomic E-state index is 12.6. The lowest BCUT2D eigenvalue weighted by Gasteiger charge is -2.12. The van der Waals surface area contributed by atoms with E-state index in [1.807, 2.05) is 6.92 Å². The van der Waals surface area contributed by atoms with Crippen molar-refractivity contribution in [3.63, 3.8) is 0 Å².